The van der Waals surface area contributed by atoms with Crippen molar-refractivity contribution in [2.24, 2.45) is 11.3 Å². The zero-order valence-electron chi connectivity index (χ0n) is 12.0. The number of carboxylic acids is 1. The van der Waals surface area contributed by atoms with Crippen molar-refractivity contribution in [2.45, 2.75) is 33.6 Å². The first-order valence-electron chi connectivity index (χ1n) is 6.76. The Bertz CT molecular complexity index is 524. The summed E-state index contributed by atoms with van der Waals surface area (Å²) in [6, 6.07) is 0. The van der Waals surface area contributed by atoms with Crippen LogP contribution in [0.25, 0.3) is 0 Å². The number of piperidine rings is 1. The fraction of sp³-hybridized carbons (Fsp3) is 0.643. The molecule has 110 valence electrons. The van der Waals surface area contributed by atoms with Gasteiger partial charge in [-0.1, -0.05) is 0 Å². The van der Waals surface area contributed by atoms with Crippen molar-refractivity contribution in [3.8, 4) is 0 Å². The minimum absolute atomic E-state index is 0.00840. The van der Waals surface area contributed by atoms with Gasteiger partial charge in [-0.2, -0.15) is 0 Å². The number of aromatic nitrogens is 1. The number of hydrogen-bond acceptors (Lipinski definition) is 4. The molecule has 1 saturated heterocycles. The van der Waals surface area contributed by atoms with E-state index < -0.39 is 11.4 Å². The highest BCUT2D eigenvalue weighted by molar-refractivity contribution is 7.11. The Hall–Kier alpha value is -1.43. The normalized spacial score (nSPS) is 19.9. The highest BCUT2D eigenvalue weighted by atomic mass is 32.1. The van der Waals surface area contributed by atoms with Crippen LogP contribution in [-0.2, 0) is 4.79 Å². The molecule has 1 aromatic heterocycles. The third kappa shape index (κ3) is 2.70. The Balaban J connectivity index is 2.13. The molecule has 1 unspecified atom stereocenters. The SMILES string of the molecule is Cc1ncsc1C(=O)N1CCCC(C(C)(C)C(=O)O)C1. The fourth-order valence-corrected chi connectivity index (χ4v) is 3.35. The van der Waals surface area contributed by atoms with Crippen molar-refractivity contribution in [1.82, 2.24) is 9.88 Å². The molecular formula is C14H20N2O3S. The number of hydrogen-bond donors (Lipinski definition) is 1. The maximum atomic E-state index is 12.5. The first kappa shape index (κ1) is 15.0. The average Bonchev–Trinajstić information content (AvgIpc) is 2.84. The smallest absolute Gasteiger partial charge is 0.309 e. The quantitative estimate of drug-likeness (QED) is 0.930. The Kier molecular flexibility index (Phi) is 4.13. The minimum Gasteiger partial charge on any atom is -0.481 e. The summed E-state index contributed by atoms with van der Waals surface area (Å²) < 4.78 is 0. The predicted molar refractivity (Wildman–Crippen MR) is 76.9 cm³/mol. The first-order chi connectivity index (χ1) is 9.34. The number of carbonyl (C=O) groups excluding carboxylic acids is 1. The number of carbonyl (C=O) groups is 2. The Morgan fingerprint density at radius 3 is 2.75 bits per heavy atom. The molecule has 1 atom stereocenters. The van der Waals surface area contributed by atoms with Gasteiger partial charge in [-0.15, -0.1) is 11.3 Å². The van der Waals surface area contributed by atoms with Crippen LogP contribution in [0.1, 0.15) is 42.1 Å². The topological polar surface area (TPSA) is 70.5 Å². The lowest BCUT2D eigenvalue weighted by Crippen LogP contribution is -2.46. The summed E-state index contributed by atoms with van der Waals surface area (Å²) in [6.45, 7) is 6.52. The fourth-order valence-electron chi connectivity index (χ4n) is 2.58. The van der Waals surface area contributed by atoms with Gasteiger partial charge in [0.05, 0.1) is 16.6 Å². The maximum absolute atomic E-state index is 12.5. The molecule has 2 rings (SSSR count). The van der Waals surface area contributed by atoms with Crippen LogP contribution in [0.5, 0.6) is 0 Å². The third-order valence-electron chi connectivity index (χ3n) is 4.22. The number of thiazole rings is 1. The summed E-state index contributed by atoms with van der Waals surface area (Å²) in [5, 5.41) is 9.34. The largest absolute Gasteiger partial charge is 0.481 e. The highest BCUT2D eigenvalue weighted by Gasteiger charge is 2.40. The van der Waals surface area contributed by atoms with Gasteiger partial charge in [-0.3, -0.25) is 9.59 Å². The van der Waals surface area contributed by atoms with Crippen LogP contribution < -0.4 is 0 Å². The average molecular weight is 296 g/mol. The van der Waals surface area contributed by atoms with E-state index in [9.17, 15) is 14.7 Å². The first-order valence-corrected chi connectivity index (χ1v) is 7.64. The molecular weight excluding hydrogens is 276 g/mol. The molecule has 5 nitrogen and oxygen atoms in total. The van der Waals surface area contributed by atoms with Crippen molar-refractivity contribution in [1.29, 1.82) is 0 Å². The summed E-state index contributed by atoms with van der Waals surface area (Å²) in [7, 11) is 0. The second kappa shape index (κ2) is 5.52. The molecule has 0 spiro atoms. The molecule has 1 aliphatic rings. The summed E-state index contributed by atoms with van der Waals surface area (Å²) in [6.07, 6.45) is 1.70. The van der Waals surface area contributed by atoms with Crippen LogP contribution in [0.15, 0.2) is 5.51 Å². The van der Waals surface area contributed by atoms with Crippen molar-refractivity contribution in [3.63, 3.8) is 0 Å². The van der Waals surface area contributed by atoms with E-state index in [2.05, 4.69) is 4.98 Å². The second-order valence-electron chi connectivity index (χ2n) is 5.88. The van der Waals surface area contributed by atoms with Crippen molar-refractivity contribution < 1.29 is 14.7 Å². The maximum Gasteiger partial charge on any atom is 0.309 e. The van der Waals surface area contributed by atoms with E-state index >= 15 is 0 Å². The zero-order valence-corrected chi connectivity index (χ0v) is 12.9. The van der Waals surface area contributed by atoms with Gasteiger partial charge in [0, 0.05) is 13.1 Å². The number of likely N-dealkylation sites (tertiary alicyclic amines) is 1. The zero-order chi connectivity index (χ0) is 14.9. The van der Waals surface area contributed by atoms with E-state index in [1.165, 1.54) is 11.3 Å². The molecule has 0 aliphatic carbocycles. The van der Waals surface area contributed by atoms with Gasteiger partial charge in [0.1, 0.15) is 4.88 Å². The molecule has 1 amide bonds. The number of amides is 1. The van der Waals surface area contributed by atoms with E-state index in [0.29, 0.717) is 18.0 Å². The van der Waals surface area contributed by atoms with Crippen LogP contribution in [0, 0.1) is 18.3 Å². The van der Waals surface area contributed by atoms with Crippen molar-refractivity contribution in [3.05, 3.63) is 16.1 Å². The van der Waals surface area contributed by atoms with Crippen LogP contribution >= 0.6 is 11.3 Å². The van der Waals surface area contributed by atoms with Gasteiger partial charge in [-0.25, -0.2) is 4.98 Å². The van der Waals surface area contributed by atoms with E-state index in [-0.39, 0.29) is 11.8 Å². The lowest BCUT2D eigenvalue weighted by Gasteiger charge is -2.39. The Morgan fingerprint density at radius 2 is 2.20 bits per heavy atom. The van der Waals surface area contributed by atoms with Crippen LogP contribution in [0.3, 0.4) is 0 Å². The van der Waals surface area contributed by atoms with Gasteiger partial charge < -0.3 is 10.0 Å². The van der Waals surface area contributed by atoms with Crippen LogP contribution in [0.2, 0.25) is 0 Å². The molecule has 0 saturated carbocycles. The standard InChI is InChI=1S/C14H20N2O3S/c1-9-11(20-8-15-9)12(17)16-6-4-5-10(7-16)14(2,3)13(18)19/h8,10H,4-7H2,1-3H3,(H,18,19). The number of aliphatic carboxylic acids is 1. The molecule has 1 fully saturated rings. The van der Waals surface area contributed by atoms with Gasteiger partial charge in [-0.05, 0) is 39.5 Å². The highest BCUT2D eigenvalue weighted by Crippen LogP contribution is 2.34. The molecule has 0 aromatic carbocycles. The van der Waals surface area contributed by atoms with E-state index in [1.54, 1.807) is 24.3 Å². The Morgan fingerprint density at radius 1 is 1.50 bits per heavy atom. The van der Waals surface area contributed by atoms with E-state index in [4.69, 9.17) is 0 Å². The molecule has 2 heterocycles. The molecule has 0 radical (unpaired) electrons. The summed E-state index contributed by atoms with van der Waals surface area (Å²) in [4.78, 5) is 30.4. The van der Waals surface area contributed by atoms with Gasteiger partial charge in [0.25, 0.3) is 5.91 Å². The van der Waals surface area contributed by atoms with Crippen LogP contribution in [-0.4, -0.2) is 40.0 Å². The summed E-state index contributed by atoms with van der Waals surface area (Å²) in [5.74, 6) is -0.826. The molecule has 1 N–H and O–H groups in total. The lowest BCUT2D eigenvalue weighted by molar-refractivity contribution is -0.151. The molecule has 0 bridgehead atoms. The number of aryl methyl sites for hydroxylation is 1. The molecule has 1 aliphatic heterocycles. The monoisotopic (exact) mass is 296 g/mol. The van der Waals surface area contributed by atoms with Gasteiger partial charge in [0.2, 0.25) is 0 Å². The third-order valence-corrected chi connectivity index (χ3v) is 5.14. The summed E-state index contributed by atoms with van der Waals surface area (Å²) in [5.41, 5.74) is 1.62. The minimum atomic E-state index is -0.804. The van der Waals surface area contributed by atoms with Gasteiger partial charge in [0.15, 0.2) is 0 Å². The van der Waals surface area contributed by atoms with E-state index in [1.807, 2.05) is 6.92 Å². The second-order valence-corrected chi connectivity index (χ2v) is 6.74. The number of rotatable bonds is 3. The molecule has 1 aromatic rings. The van der Waals surface area contributed by atoms with Gasteiger partial charge >= 0.3 is 5.97 Å². The van der Waals surface area contributed by atoms with E-state index in [0.717, 1.165) is 18.5 Å². The lowest BCUT2D eigenvalue weighted by atomic mass is 9.74. The van der Waals surface area contributed by atoms with Crippen molar-refractivity contribution in [2.75, 3.05) is 13.1 Å². The molecule has 6 heteroatoms. The molecule has 20 heavy (non-hydrogen) atoms. The Labute approximate surface area is 122 Å². The predicted octanol–water partition coefficient (Wildman–Crippen LogP) is 2.41. The number of carboxylic acid groups (broad SMARTS) is 1. The van der Waals surface area contributed by atoms with Crippen LogP contribution in [0.4, 0.5) is 0 Å². The number of nitrogens with zero attached hydrogens (tertiary/aromatic N) is 2. The van der Waals surface area contributed by atoms with Crippen molar-refractivity contribution >= 4 is 23.2 Å². The summed E-state index contributed by atoms with van der Waals surface area (Å²) >= 11 is 1.35.